The van der Waals surface area contributed by atoms with Crippen molar-refractivity contribution >= 4 is 22.8 Å². The molecular formula is C13H15N2NaO3. The van der Waals surface area contributed by atoms with Crippen molar-refractivity contribution in [3.63, 3.8) is 0 Å². The minimum absolute atomic E-state index is 0. The first kappa shape index (κ1) is 15.8. The number of aromatic nitrogens is 1. The van der Waals surface area contributed by atoms with Crippen LogP contribution in [0.25, 0.3) is 10.9 Å². The summed E-state index contributed by atoms with van der Waals surface area (Å²) in [5.74, 6) is -1.38. The topological polar surface area (TPSA) is 82.2 Å². The summed E-state index contributed by atoms with van der Waals surface area (Å²) >= 11 is 0. The Kier molecular flexibility index (Phi) is 5.60. The fourth-order valence-corrected chi connectivity index (χ4v) is 1.97. The zero-order valence-corrected chi connectivity index (χ0v) is 12.9. The van der Waals surface area contributed by atoms with Gasteiger partial charge in [-0.1, -0.05) is 18.2 Å². The molecule has 0 fully saturated rings. The van der Waals surface area contributed by atoms with Crippen molar-refractivity contribution in [2.45, 2.75) is 19.4 Å². The third-order valence-electron chi connectivity index (χ3n) is 2.77. The Bertz CT molecular complexity index is 600. The average molecular weight is 270 g/mol. The third kappa shape index (κ3) is 3.83. The number of para-hydroxylation sites is 1. The first-order valence-electron chi connectivity index (χ1n) is 5.63. The number of fused-ring (bicyclic) bond motifs is 1. The van der Waals surface area contributed by atoms with E-state index >= 15 is 0 Å². The Morgan fingerprint density at radius 1 is 1.42 bits per heavy atom. The molecule has 2 rings (SSSR count). The Labute approximate surface area is 134 Å². The van der Waals surface area contributed by atoms with E-state index in [0.717, 1.165) is 16.5 Å². The second-order valence-electron chi connectivity index (χ2n) is 4.15. The maximum atomic E-state index is 11.1. The number of carboxylic acids is 1. The number of aromatic amines is 1. The Morgan fingerprint density at radius 2 is 2.11 bits per heavy atom. The second kappa shape index (κ2) is 6.75. The van der Waals surface area contributed by atoms with E-state index in [1.165, 1.54) is 6.92 Å². The number of H-pyrrole nitrogens is 1. The normalized spacial score (nSPS) is 11.6. The van der Waals surface area contributed by atoms with Gasteiger partial charge < -0.3 is 16.8 Å². The van der Waals surface area contributed by atoms with Crippen LogP contribution in [0.1, 0.15) is 13.9 Å². The van der Waals surface area contributed by atoms with Crippen LogP contribution in [0, 0.1) is 0 Å². The van der Waals surface area contributed by atoms with Gasteiger partial charge >= 0.3 is 35.5 Å². The molecule has 96 valence electrons. The SMILES string of the molecule is CC(=O)NC(Cc1c[nH]c2ccccc12)C(=O)O.[H-].[Na+]. The van der Waals surface area contributed by atoms with Gasteiger partial charge in [0.2, 0.25) is 5.91 Å². The zero-order chi connectivity index (χ0) is 13.1. The first-order chi connectivity index (χ1) is 8.58. The van der Waals surface area contributed by atoms with Crippen LogP contribution < -0.4 is 34.9 Å². The second-order valence-corrected chi connectivity index (χ2v) is 4.15. The van der Waals surface area contributed by atoms with Crippen molar-refractivity contribution in [3.8, 4) is 0 Å². The van der Waals surface area contributed by atoms with Gasteiger partial charge in [-0.05, 0) is 11.6 Å². The Hall–Kier alpha value is -1.30. The van der Waals surface area contributed by atoms with Crippen molar-refractivity contribution in [2.24, 2.45) is 0 Å². The zero-order valence-electron chi connectivity index (χ0n) is 11.9. The van der Waals surface area contributed by atoms with E-state index in [0.29, 0.717) is 0 Å². The molecule has 1 aromatic carbocycles. The summed E-state index contributed by atoms with van der Waals surface area (Å²) in [6.45, 7) is 1.31. The summed E-state index contributed by atoms with van der Waals surface area (Å²) in [5.41, 5.74) is 1.84. The molecule has 2 aromatic rings. The largest absolute Gasteiger partial charge is 1.00 e. The molecule has 0 spiro atoms. The van der Waals surface area contributed by atoms with E-state index in [-0.39, 0.29) is 43.3 Å². The van der Waals surface area contributed by atoms with Crippen LogP contribution in [0.15, 0.2) is 30.5 Å². The van der Waals surface area contributed by atoms with E-state index in [9.17, 15) is 9.59 Å². The molecule has 0 saturated carbocycles. The van der Waals surface area contributed by atoms with Crippen LogP contribution in [0.3, 0.4) is 0 Å². The predicted molar refractivity (Wildman–Crippen MR) is 68.4 cm³/mol. The summed E-state index contributed by atoms with van der Waals surface area (Å²) in [7, 11) is 0. The molecule has 1 amide bonds. The molecule has 6 heteroatoms. The molecule has 0 aliphatic rings. The minimum Gasteiger partial charge on any atom is -1.00 e. The van der Waals surface area contributed by atoms with E-state index in [1.54, 1.807) is 6.20 Å². The number of carbonyl (C=O) groups is 2. The van der Waals surface area contributed by atoms with Crippen LogP contribution in [0.4, 0.5) is 0 Å². The number of carboxylic acid groups (broad SMARTS) is 1. The molecule has 1 unspecified atom stereocenters. The van der Waals surface area contributed by atoms with Crippen molar-refractivity contribution in [1.82, 2.24) is 10.3 Å². The fraction of sp³-hybridized carbons (Fsp3) is 0.231. The van der Waals surface area contributed by atoms with Crippen LogP contribution >= 0.6 is 0 Å². The number of benzene rings is 1. The van der Waals surface area contributed by atoms with Crippen LogP contribution in [-0.4, -0.2) is 28.0 Å². The Balaban J connectivity index is 0.00000180. The molecule has 0 aliphatic heterocycles. The number of carbonyl (C=O) groups excluding carboxylic acids is 1. The van der Waals surface area contributed by atoms with Gasteiger partial charge in [0.1, 0.15) is 6.04 Å². The van der Waals surface area contributed by atoms with Crippen molar-refractivity contribution < 1.29 is 45.7 Å². The van der Waals surface area contributed by atoms with Gasteiger partial charge in [-0.3, -0.25) is 4.79 Å². The van der Waals surface area contributed by atoms with Crippen LogP contribution in [0.2, 0.25) is 0 Å². The van der Waals surface area contributed by atoms with E-state index in [2.05, 4.69) is 10.3 Å². The Morgan fingerprint density at radius 3 is 2.74 bits per heavy atom. The molecule has 0 bridgehead atoms. The van der Waals surface area contributed by atoms with Crippen LogP contribution in [0.5, 0.6) is 0 Å². The number of hydrogen-bond acceptors (Lipinski definition) is 2. The standard InChI is InChI=1S/C13H14N2O3.Na.H/c1-8(16)15-12(13(17)18)6-9-7-14-11-5-3-2-4-10(9)11;;/h2-5,7,12,14H,6H2,1H3,(H,15,16)(H,17,18);;/q;+1;-1. The molecular weight excluding hydrogens is 255 g/mol. The monoisotopic (exact) mass is 270 g/mol. The summed E-state index contributed by atoms with van der Waals surface area (Å²) in [6.07, 6.45) is 2.04. The first-order valence-corrected chi connectivity index (χ1v) is 5.63. The van der Waals surface area contributed by atoms with Gasteiger partial charge in [-0.2, -0.15) is 0 Å². The number of aliphatic carboxylic acids is 1. The van der Waals surface area contributed by atoms with Crippen molar-refractivity contribution in [2.75, 3.05) is 0 Å². The molecule has 1 atom stereocenters. The number of nitrogens with one attached hydrogen (secondary N) is 2. The quantitative estimate of drug-likeness (QED) is 0.586. The summed E-state index contributed by atoms with van der Waals surface area (Å²) in [4.78, 5) is 25.1. The number of hydrogen-bond donors (Lipinski definition) is 3. The maximum Gasteiger partial charge on any atom is 1.00 e. The smallest absolute Gasteiger partial charge is 1.00 e. The molecule has 0 saturated heterocycles. The number of amides is 1. The molecule has 19 heavy (non-hydrogen) atoms. The minimum atomic E-state index is -1.03. The molecule has 1 aromatic heterocycles. The van der Waals surface area contributed by atoms with E-state index < -0.39 is 12.0 Å². The molecule has 1 heterocycles. The van der Waals surface area contributed by atoms with Gasteiger partial charge in [0.15, 0.2) is 0 Å². The summed E-state index contributed by atoms with van der Waals surface area (Å²) in [5, 5.41) is 12.5. The van der Waals surface area contributed by atoms with Gasteiger partial charge in [0.05, 0.1) is 0 Å². The number of rotatable bonds is 4. The fourth-order valence-electron chi connectivity index (χ4n) is 1.97. The van der Waals surface area contributed by atoms with Gasteiger partial charge in [-0.15, -0.1) is 0 Å². The van der Waals surface area contributed by atoms with E-state index in [1.807, 2.05) is 24.3 Å². The van der Waals surface area contributed by atoms with E-state index in [4.69, 9.17) is 5.11 Å². The summed E-state index contributed by atoms with van der Waals surface area (Å²) < 4.78 is 0. The van der Waals surface area contributed by atoms with Crippen LogP contribution in [-0.2, 0) is 16.0 Å². The molecule has 0 aliphatic carbocycles. The molecule has 3 N–H and O–H groups in total. The van der Waals surface area contributed by atoms with Gasteiger partial charge in [-0.25, -0.2) is 4.79 Å². The maximum absolute atomic E-state index is 11.1. The molecule has 0 radical (unpaired) electrons. The van der Waals surface area contributed by atoms with Gasteiger partial charge in [0.25, 0.3) is 0 Å². The third-order valence-corrected chi connectivity index (χ3v) is 2.77. The van der Waals surface area contributed by atoms with Crippen molar-refractivity contribution in [3.05, 3.63) is 36.0 Å². The van der Waals surface area contributed by atoms with Gasteiger partial charge in [0, 0.05) is 30.4 Å². The molecule has 5 nitrogen and oxygen atoms in total. The van der Waals surface area contributed by atoms with Crippen molar-refractivity contribution in [1.29, 1.82) is 0 Å². The summed E-state index contributed by atoms with van der Waals surface area (Å²) in [6, 6.07) is 6.75. The average Bonchev–Trinajstić information content (AvgIpc) is 2.71. The predicted octanol–water partition coefficient (Wildman–Crippen LogP) is -1.58.